The Morgan fingerprint density at radius 1 is 1.26 bits per heavy atom. The second kappa shape index (κ2) is 8.64. The van der Waals surface area contributed by atoms with Crippen LogP contribution in [0.15, 0.2) is 24.3 Å². The van der Waals surface area contributed by atoms with Crippen molar-refractivity contribution in [2.75, 3.05) is 13.1 Å². The van der Waals surface area contributed by atoms with E-state index in [1.54, 1.807) is 12.1 Å². The number of hydrogen-bond donors (Lipinski definition) is 2. The third-order valence-electron chi connectivity index (χ3n) is 3.05. The van der Waals surface area contributed by atoms with E-state index in [0.29, 0.717) is 13.0 Å². The maximum atomic E-state index is 12.7. The summed E-state index contributed by atoms with van der Waals surface area (Å²) in [7, 11) is 0. The number of halogens is 1. The van der Waals surface area contributed by atoms with Crippen LogP contribution in [0.1, 0.15) is 32.3 Å². The van der Waals surface area contributed by atoms with E-state index in [2.05, 4.69) is 10.6 Å². The molecule has 0 heterocycles. The Balaban J connectivity index is 2.08. The molecule has 0 bridgehead atoms. The van der Waals surface area contributed by atoms with E-state index in [-0.39, 0.29) is 17.8 Å². The van der Waals surface area contributed by atoms with Gasteiger partial charge in [-0.05, 0) is 44.0 Å². The third-order valence-corrected chi connectivity index (χ3v) is 3.05. The zero-order valence-electron chi connectivity index (χ0n) is 11.7. The molecule has 0 saturated carbocycles. The molecule has 106 valence electrons. The summed E-state index contributed by atoms with van der Waals surface area (Å²) in [5.41, 5.74) is 1.10. The minimum atomic E-state index is -0.210. The fraction of sp³-hybridized carbons (Fsp3) is 0.533. The van der Waals surface area contributed by atoms with Crippen LogP contribution in [0.5, 0.6) is 0 Å². The van der Waals surface area contributed by atoms with Crippen LogP contribution in [-0.2, 0) is 11.2 Å². The molecule has 0 fully saturated rings. The Labute approximate surface area is 114 Å². The van der Waals surface area contributed by atoms with E-state index in [1.807, 2.05) is 13.8 Å². The first kappa shape index (κ1) is 15.6. The minimum absolute atomic E-state index is 0.0867. The molecular formula is C15H23FN2O. The Morgan fingerprint density at radius 2 is 1.95 bits per heavy atom. The van der Waals surface area contributed by atoms with Gasteiger partial charge in [0.15, 0.2) is 0 Å². The van der Waals surface area contributed by atoms with Crippen molar-refractivity contribution >= 4 is 5.91 Å². The van der Waals surface area contributed by atoms with Crippen molar-refractivity contribution in [3.63, 3.8) is 0 Å². The maximum absolute atomic E-state index is 12.7. The lowest BCUT2D eigenvalue weighted by Crippen LogP contribution is -2.34. The molecule has 4 heteroatoms. The van der Waals surface area contributed by atoms with Crippen molar-refractivity contribution in [3.05, 3.63) is 35.6 Å². The zero-order chi connectivity index (χ0) is 14.1. The van der Waals surface area contributed by atoms with E-state index >= 15 is 0 Å². The Bertz CT molecular complexity index is 378. The van der Waals surface area contributed by atoms with Crippen molar-refractivity contribution in [1.29, 1.82) is 0 Å². The summed E-state index contributed by atoms with van der Waals surface area (Å²) >= 11 is 0. The van der Waals surface area contributed by atoms with Crippen LogP contribution >= 0.6 is 0 Å². The summed E-state index contributed by atoms with van der Waals surface area (Å²) in [4.78, 5) is 11.5. The van der Waals surface area contributed by atoms with E-state index in [1.165, 1.54) is 12.1 Å². The molecule has 0 aliphatic rings. The van der Waals surface area contributed by atoms with Crippen molar-refractivity contribution < 1.29 is 9.18 Å². The van der Waals surface area contributed by atoms with Crippen molar-refractivity contribution in [2.24, 2.45) is 0 Å². The average molecular weight is 266 g/mol. The molecule has 2 N–H and O–H groups in total. The highest BCUT2D eigenvalue weighted by atomic mass is 19.1. The van der Waals surface area contributed by atoms with Crippen LogP contribution in [-0.4, -0.2) is 25.0 Å². The number of rotatable bonds is 8. The molecule has 0 spiro atoms. The number of carbonyl (C=O) groups excluding carboxylic acids is 1. The van der Waals surface area contributed by atoms with Crippen LogP contribution in [0, 0.1) is 5.82 Å². The molecule has 0 aromatic heterocycles. The van der Waals surface area contributed by atoms with Crippen LogP contribution in [0.4, 0.5) is 4.39 Å². The first-order valence-corrected chi connectivity index (χ1v) is 6.86. The summed E-state index contributed by atoms with van der Waals surface area (Å²) in [6, 6.07) is 6.75. The van der Waals surface area contributed by atoms with Crippen molar-refractivity contribution in [3.8, 4) is 0 Å². The highest BCUT2D eigenvalue weighted by Crippen LogP contribution is 2.02. The van der Waals surface area contributed by atoms with Gasteiger partial charge in [0.1, 0.15) is 5.82 Å². The third kappa shape index (κ3) is 6.91. The molecule has 1 aromatic rings. The van der Waals surface area contributed by atoms with E-state index in [0.717, 1.165) is 24.9 Å². The molecular weight excluding hydrogens is 243 g/mol. The summed E-state index contributed by atoms with van der Waals surface area (Å²) in [6.45, 7) is 5.51. The highest BCUT2D eigenvalue weighted by Gasteiger charge is 2.04. The van der Waals surface area contributed by atoms with E-state index in [4.69, 9.17) is 0 Å². The van der Waals surface area contributed by atoms with Crippen molar-refractivity contribution in [2.45, 2.75) is 39.2 Å². The summed E-state index contributed by atoms with van der Waals surface area (Å²) in [5.74, 6) is -0.123. The highest BCUT2D eigenvalue weighted by molar-refractivity contribution is 5.76. The van der Waals surface area contributed by atoms with E-state index < -0.39 is 0 Å². The lowest BCUT2D eigenvalue weighted by molar-refractivity contribution is -0.121. The molecule has 3 nitrogen and oxygen atoms in total. The number of carbonyl (C=O) groups is 1. The van der Waals surface area contributed by atoms with Crippen LogP contribution in [0.2, 0.25) is 0 Å². The summed E-state index contributed by atoms with van der Waals surface area (Å²) < 4.78 is 12.7. The molecule has 0 saturated heterocycles. The zero-order valence-corrected chi connectivity index (χ0v) is 11.7. The standard InChI is InChI=1S/C15H23FN2O/c1-3-12(2)18-15(19)9-11-17-10-8-13-4-6-14(16)7-5-13/h4-7,12,17H,3,8-11H2,1-2H3,(H,18,19). The van der Waals surface area contributed by atoms with Gasteiger partial charge in [-0.25, -0.2) is 4.39 Å². The monoisotopic (exact) mass is 266 g/mol. The van der Waals surface area contributed by atoms with Gasteiger partial charge in [0.05, 0.1) is 0 Å². The SMILES string of the molecule is CCC(C)NC(=O)CCNCCc1ccc(F)cc1. The van der Waals surface area contributed by atoms with E-state index in [9.17, 15) is 9.18 Å². The second-order valence-electron chi connectivity index (χ2n) is 4.75. The van der Waals surface area contributed by atoms with Gasteiger partial charge < -0.3 is 10.6 Å². The Hall–Kier alpha value is -1.42. The largest absolute Gasteiger partial charge is 0.354 e. The van der Waals surface area contributed by atoms with Gasteiger partial charge in [0, 0.05) is 19.0 Å². The molecule has 19 heavy (non-hydrogen) atoms. The Morgan fingerprint density at radius 3 is 2.58 bits per heavy atom. The number of amides is 1. The first-order chi connectivity index (χ1) is 9.11. The van der Waals surface area contributed by atoms with Gasteiger partial charge >= 0.3 is 0 Å². The maximum Gasteiger partial charge on any atom is 0.221 e. The number of hydrogen-bond acceptors (Lipinski definition) is 2. The topological polar surface area (TPSA) is 41.1 Å². The number of benzene rings is 1. The fourth-order valence-corrected chi connectivity index (χ4v) is 1.66. The van der Waals surface area contributed by atoms with Crippen molar-refractivity contribution in [1.82, 2.24) is 10.6 Å². The van der Waals surface area contributed by atoms with Gasteiger partial charge in [0.2, 0.25) is 5.91 Å². The van der Waals surface area contributed by atoms with Crippen LogP contribution in [0.3, 0.4) is 0 Å². The quantitative estimate of drug-likeness (QED) is 0.709. The second-order valence-corrected chi connectivity index (χ2v) is 4.75. The van der Waals surface area contributed by atoms with Gasteiger partial charge in [-0.2, -0.15) is 0 Å². The first-order valence-electron chi connectivity index (χ1n) is 6.86. The molecule has 0 radical (unpaired) electrons. The average Bonchev–Trinajstić information content (AvgIpc) is 2.40. The number of nitrogens with one attached hydrogen (secondary N) is 2. The fourth-order valence-electron chi connectivity index (χ4n) is 1.66. The molecule has 1 amide bonds. The molecule has 0 aliphatic heterocycles. The van der Waals surface area contributed by atoms with Crippen LogP contribution in [0.25, 0.3) is 0 Å². The van der Waals surface area contributed by atoms with Gasteiger partial charge in [-0.3, -0.25) is 4.79 Å². The lowest BCUT2D eigenvalue weighted by Gasteiger charge is -2.11. The molecule has 1 atom stereocenters. The van der Waals surface area contributed by atoms with Crippen LogP contribution < -0.4 is 10.6 Å². The molecule has 1 unspecified atom stereocenters. The smallest absolute Gasteiger partial charge is 0.221 e. The lowest BCUT2D eigenvalue weighted by atomic mass is 10.1. The Kier molecular flexibility index (Phi) is 7.11. The summed E-state index contributed by atoms with van der Waals surface area (Å²) in [6.07, 6.45) is 2.28. The van der Waals surface area contributed by atoms with Gasteiger partial charge in [0.25, 0.3) is 0 Å². The minimum Gasteiger partial charge on any atom is -0.354 e. The van der Waals surface area contributed by atoms with Gasteiger partial charge in [-0.1, -0.05) is 19.1 Å². The predicted molar refractivity (Wildman–Crippen MR) is 75.5 cm³/mol. The summed E-state index contributed by atoms with van der Waals surface area (Å²) in [5, 5.41) is 6.14. The van der Waals surface area contributed by atoms with Gasteiger partial charge in [-0.15, -0.1) is 0 Å². The predicted octanol–water partition coefficient (Wildman–Crippen LogP) is 2.26. The molecule has 1 rings (SSSR count). The molecule has 0 aliphatic carbocycles. The molecule has 1 aromatic carbocycles. The normalized spacial score (nSPS) is 12.2.